The number of halogens is 2. The molecule has 34 heavy (non-hydrogen) atoms. The number of aryl methyl sites for hydroxylation is 2. The zero-order valence-corrected chi connectivity index (χ0v) is 19.9. The molecule has 176 valence electrons. The number of imidazole rings is 2. The van der Waals surface area contributed by atoms with E-state index in [0.29, 0.717) is 29.8 Å². The smallest absolute Gasteiger partial charge is 0.215 e. The molecule has 2 aromatic heterocycles. The van der Waals surface area contributed by atoms with Gasteiger partial charge in [0, 0.05) is 41.9 Å². The number of nitrogens with zero attached hydrogens (tertiary/aromatic N) is 4. The molecule has 3 heterocycles. The number of hydrogen-bond acceptors (Lipinski definition) is 5. The Labute approximate surface area is 207 Å². The third-order valence-corrected chi connectivity index (χ3v) is 6.28. The molecule has 2 unspecified atom stereocenters. The molecule has 4 aromatic rings. The van der Waals surface area contributed by atoms with Crippen molar-refractivity contribution in [3.8, 4) is 5.75 Å². The highest BCUT2D eigenvalue weighted by molar-refractivity contribution is 6.35. The number of rotatable bonds is 9. The molecule has 1 fully saturated rings. The Morgan fingerprint density at radius 2 is 1.76 bits per heavy atom. The zero-order chi connectivity index (χ0) is 23.4. The first-order valence-corrected chi connectivity index (χ1v) is 11.8. The predicted molar refractivity (Wildman–Crippen MR) is 129 cm³/mol. The summed E-state index contributed by atoms with van der Waals surface area (Å²) in [5, 5.41) is 1.04. The van der Waals surface area contributed by atoms with E-state index in [1.54, 1.807) is 30.9 Å². The van der Waals surface area contributed by atoms with E-state index >= 15 is 0 Å². The van der Waals surface area contributed by atoms with Crippen LogP contribution in [0.1, 0.15) is 11.1 Å². The van der Waals surface area contributed by atoms with Crippen LogP contribution in [0.3, 0.4) is 0 Å². The summed E-state index contributed by atoms with van der Waals surface area (Å²) in [5.41, 5.74) is 1.95. The molecule has 1 aliphatic heterocycles. The molecule has 0 spiro atoms. The van der Waals surface area contributed by atoms with Crippen molar-refractivity contribution in [1.82, 2.24) is 19.1 Å². The number of benzene rings is 2. The van der Waals surface area contributed by atoms with Gasteiger partial charge in [0.15, 0.2) is 0 Å². The quantitative estimate of drug-likeness (QED) is 0.325. The van der Waals surface area contributed by atoms with Crippen LogP contribution < -0.4 is 4.74 Å². The van der Waals surface area contributed by atoms with Crippen LogP contribution in [-0.2, 0) is 34.8 Å². The number of hydrogen-bond donors (Lipinski definition) is 0. The summed E-state index contributed by atoms with van der Waals surface area (Å²) in [7, 11) is 0. The van der Waals surface area contributed by atoms with E-state index in [-0.39, 0.29) is 6.10 Å². The van der Waals surface area contributed by atoms with Gasteiger partial charge in [0.25, 0.3) is 0 Å². The molecule has 0 aliphatic carbocycles. The average molecular weight is 499 g/mol. The monoisotopic (exact) mass is 498 g/mol. The van der Waals surface area contributed by atoms with Crippen LogP contribution in [0.2, 0.25) is 10.0 Å². The maximum atomic E-state index is 6.53. The van der Waals surface area contributed by atoms with Crippen molar-refractivity contribution in [3.05, 3.63) is 101 Å². The summed E-state index contributed by atoms with van der Waals surface area (Å²) >= 11 is 12.6. The van der Waals surface area contributed by atoms with Gasteiger partial charge in [-0.1, -0.05) is 41.4 Å². The minimum atomic E-state index is -1.06. The molecule has 9 heteroatoms. The Balaban J connectivity index is 1.23. The molecule has 2 aromatic carbocycles. The van der Waals surface area contributed by atoms with Crippen molar-refractivity contribution in [2.24, 2.45) is 0 Å². The van der Waals surface area contributed by atoms with Crippen molar-refractivity contribution in [2.75, 3.05) is 13.2 Å². The van der Waals surface area contributed by atoms with E-state index in [4.69, 9.17) is 37.4 Å². The molecule has 0 saturated carbocycles. The highest BCUT2D eigenvalue weighted by Crippen LogP contribution is 2.40. The minimum absolute atomic E-state index is 0.267. The van der Waals surface area contributed by atoms with Crippen molar-refractivity contribution >= 4 is 23.2 Å². The number of aromatic nitrogens is 4. The van der Waals surface area contributed by atoms with Gasteiger partial charge in [-0.25, -0.2) is 9.97 Å². The van der Waals surface area contributed by atoms with Gasteiger partial charge in [-0.15, -0.1) is 0 Å². The van der Waals surface area contributed by atoms with Gasteiger partial charge in [-0.2, -0.15) is 0 Å². The van der Waals surface area contributed by atoms with Crippen molar-refractivity contribution < 1.29 is 14.2 Å². The first-order chi connectivity index (χ1) is 16.6. The van der Waals surface area contributed by atoms with Gasteiger partial charge < -0.3 is 23.3 Å². The van der Waals surface area contributed by atoms with E-state index in [9.17, 15) is 0 Å². The molecule has 1 saturated heterocycles. The maximum Gasteiger partial charge on any atom is 0.215 e. The lowest BCUT2D eigenvalue weighted by Gasteiger charge is -2.30. The summed E-state index contributed by atoms with van der Waals surface area (Å²) in [6.07, 6.45) is 11.5. The Morgan fingerprint density at radius 1 is 1.00 bits per heavy atom. The second-order valence-electron chi connectivity index (χ2n) is 8.17. The van der Waals surface area contributed by atoms with Crippen LogP contribution in [0.15, 0.2) is 79.9 Å². The Bertz CT molecular complexity index is 1200. The standard InChI is InChI=1S/C25H24Cl2N4O3/c26-20-3-6-23(24(27)13-20)25(16-31-12-9-29-18-31)33-15-22(34-25)14-32-21-4-1-19(2-5-21)7-10-30-11-8-28-17-30/h1-6,8-9,11-13,17-18,22H,7,10,14-16H2. The summed E-state index contributed by atoms with van der Waals surface area (Å²) in [4.78, 5) is 8.20. The lowest BCUT2D eigenvalue weighted by atomic mass is 10.1. The normalized spacial score (nSPS) is 20.0. The van der Waals surface area contributed by atoms with Crippen molar-refractivity contribution in [2.45, 2.75) is 31.4 Å². The third-order valence-electron chi connectivity index (χ3n) is 5.73. The fourth-order valence-electron chi connectivity index (χ4n) is 3.99. The Kier molecular flexibility index (Phi) is 6.87. The first-order valence-electron chi connectivity index (χ1n) is 11.0. The lowest BCUT2D eigenvalue weighted by Crippen LogP contribution is -2.34. The molecule has 5 rings (SSSR count). The topological polar surface area (TPSA) is 63.3 Å². The molecule has 2 atom stereocenters. The highest BCUT2D eigenvalue weighted by Gasteiger charge is 2.45. The van der Waals surface area contributed by atoms with Crippen LogP contribution in [0.5, 0.6) is 5.75 Å². The third kappa shape index (κ3) is 5.28. The fraction of sp³-hybridized carbons (Fsp3) is 0.280. The Morgan fingerprint density at radius 3 is 2.47 bits per heavy atom. The molecular formula is C25H24Cl2N4O3. The molecule has 0 radical (unpaired) electrons. The number of ether oxygens (including phenoxy) is 3. The van der Waals surface area contributed by atoms with Gasteiger partial charge in [-0.05, 0) is 36.2 Å². The molecule has 1 aliphatic rings. The maximum absolute atomic E-state index is 6.53. The first kappa shape index (κ1) is 22.9. The molecule has 0 bridgehead atoms. The van der Waals surface area contributed by atoms with Gasteiger partial charge in [0.1, 0.15) is 18.5 Å². The van der Waals surface area contributed by atoms with E-state index in [0.717, 1.165) is 24.3 Å². The highest BCUT2D eigenvalue weighted by atomic mass is 35.5. The van der Waals surface area contributed by atoms with Gasteiger partial charge >= 0.3 is 0 Å². The Hall–Kier alpha value is -2.84. The van der Waals surface area contributed by atoms with Gasteiger partial charge in [0.05, 0.1) is 30.8 Å². The van der Waals surface area contributed by atoms with Crippen LogP contribution in [0.4, 0.5) is 0 Å². The van der Waals surface area contributed by atoms with E-state index in [1.165, 1.54) is 5.56 Å². The SMILES string of the molecule is Clc1ccc(C2(Cn3ccnc3)OCC(COc3ccc(CCn4ccnc4)cc3)O2)c(Cl)c1. The summed E-state index contributed by atoms with van der Waals surface area (Å²) in [6.45, 7) is 2.01. The van der Waals surface area contributed by atoms with E-state index in [2.05, 4.69) is 26.7 Å². The molecule has 0 amide bonds. The predicted octanol–water partition coefficient (Wildman–Crippen LogP) is 4.98. The largest absolute Gasteiger partial charge is 0.491 e. The van der Waals surface area contributed by atoms with Gasteiger partial charge in [-0.3, -0.25) is 0 Å². The van der Waals surface area contributed by atoms with Crippen molar-refractivity contribution in [1.29, 1.82) is 0 Å². The van der Waals surface area contributed by atoms with Crippen LogP contribution in [-0.4, -0.2) is 38.4 Å². The van der Waals surface area contributed by atoms with Crippen LogP contribution in [0.25, 0.3) is 0 Å². The van der Waals surface area contributed by atoms with Crippen LogP contribution >= 0.6 is 23.2 Å². The van der Waals surface area contributed by atoms with E-state index in [1.807, 2.05) is 41.5 Å². The van der Waals surface area contributed by atoms with Gasteiger partial charge in [0.2, 0.25) is 5.79 Å². The second-order valence-corrected chi connectivity index (χ2v) is 9.01. The molecular weight excluding hydrogens is 475 g/mol. The second kappa shape index (κ2) is 10.2. The van der Waals surface area contributed by atoms with Crippen LogP contribution in [0, 0.1) is 0 Å². The van der Waals surface area contributed by atoms with E-state index < -0.39 is 5.79 Å². The van der Waals surface area contributed by atoms with Crippen molar-refractivity contribution in [3.63, 3.8) is 0 Å². The minimum Gasteiger partial charge on any atom is -0.491 e. The summed E-state index contributed by atoms with van der Waals surface area (Å²) < 4.78 is 22.6. The summed E-state index contributed by atoms with van der Waals surface area (Å²) in [5.74, 6) is -0.278. The average Bonchev–Trinajstić information content (AvgIpc) is 3.61. The fourth-order valence-corrected chi connectivity index (χ4v) is 4.55. The molecule has 7 nitrogen and oxygen atoms in total. The molecule has 0 N–H and O–H groups in total. The summed E-state index contributed by atoms with van der Waals surface area (Å²) in [6, 6.07) is 13.4. The lowest BCUT2D eigenvalue weighted by molar-refractivity contribution is -0.189. The zero-order valence-electron chi connectivity index (χ0n) is 18.4.